The van der Waals surface area contributed by atoms with E-state index in [0.29, 0.717) is 24.6 Å². The molecule has 1 aliphatic rings. The number of carboxylic acid groups (broad SMARTS) is 1. The van der Waals surface area contributed by atoms with E-state index in [0.717, 1.165) is 16.8 Å². The Bertz CT molecular complexity index is 1130. The molecule has 4 N–H and O–H groups in total. The van der Waals surface area contributed by atoms with Gasteiger partial charge in [-0.05, 0) is 41.7 Å². The highest BCUT2D eigenvalue weighted by Crippen LogP contribution is 2.36. The molecule has 4 rings (SSSR count). The van der Waals surface area contributed by atoms with Gasteiger partial charge in [0.25, 0.3) is 0 Å². The molecule has 170 valence electrons. The minimum atomic E-state index is -0.904. The van der Waals surface area contributed by atoms with Crippen molar-refractivity contribution in [3.63, 3.8) is 0 Å². The van der Waals surface area contributed by atoms with Crippen molar-refractivity contribution in [3.8, 4) is 0 Å². The monoisotopic (exact) mass is 447 g/mol. The van der Waals surface area contributed by atoms with Crippen LogP contribution in [0, 0.1) is 0 Å². The summed E-state index contributed by atoms with van der Waals surface area (Å²) in [5, 5.41) is 15.2. The zero-order chi connectivity index (χ0) is 23.2. The molecule has 2 heterocycles. The highest BCUT2D eigenvalue weighted by molar-refractivity contribution is 6.00. The maximum Gasteiger partial charge on any atom is 0.303 e. The van der Waals surface area contributed by atoms with Gasteiger partial charge in [-0.1, -0.05) is 30.3 Å². The Hall–Kier alpha value is -4.14. The molecule has 0 radical (unpaired) electrons. The van der Waals surface area contributed by atoms with Crippen molar-refractivity contribution in [1.29, 1.82) is 0 Å². The lowest BCUT2D eigenvalue weighted by Crippen LogP contribution is -2.40. The Balaban J connectivity index is 1.39. The number of para-hydroxylation sites is 1. The van der Waals surface area contributed by atoms with Crippen LogP contribution in [-0.4, -0.2) is 39.4 Å². The highest BCUT2D eigenvalue weighted by Gasteiger charge is 2.30. The first-order valence-electron chi connectivity index (χ1n) is 10.7. The molecule has 0 spiro atoms. The fraction of sp³-hybridized carbons (Fsp3) is 0.250. The van der Waals surface area contributed by atoms with E-state index < -0.39 is 5.97 Å². The van der Waals surface area contributed by atoms with Gasteiger partial charge in [-0.3, -0.25) is 14.4 Å². The van der Waals surface area contributed by atoms with Crippen molar-refractivity contribution >= 4 is 35.1 Å². The number of H-pyrrole nitrogens is 1. The number of aromatic nitrogens is 2. The Labute approximate surface area is 190 Å². The van der Waals surface area contributed by atoms with Crippen LogP contribution in [0.4, 0.5) is 17.3 Å². The molecule has 0 saturated heterocycles. The van der Waals surface area contributed by atoms with Crippen molar-refractivity contribution in [2.75, 3.05) is 16.8 Å². The average Bonchev–Trinajstić information content (AvgIpc) is 3.28. The summed E-state index contributed by atoms with van der Waals surface area (Å²) in [7, 11) is 0. The van der Waals surface area contributed by atoms with E-state index >= 15 is 0 Å². The molecule has 1 aliphatic heterocycles. The summed E-state index contributed by atoms with van der Waals surface area (Å²) in [4.78, 5) is 45.3. The first kappa shape index (κ1) is 22.1. The number of imidazole rings is 1. The van der Waals surface area contributed by atoms with Gasteiger partial charge in [-0.15, -0.1) is 0 Å². The van der Waals surface area contributed by atoms with Crippen LogP contribution in [0.3, 0.4) is 0 Å². The van der Waals surface area contributed by atoms with Gasteiger partial charge in [0.05, 0.1) is 6.42 Å². The molecule has 2 aromatic carbocycles. The van der Waals surface area contributed by atoms with Crippen LogP contribution in [0.5, 0.6) is 0 Å². The summed E-state index contributed by atoms with van der Waals surface area (Å²) in [5.74, 6) is -0.988. The summed E-state index contributed by atoms with van der Waals surface area (Å²) in [5.41, 5.74) is 3.17. The number of anilines is 3. The summed E-state index contributed by atoms with van der Waals surface area (Å²) in [6, 6.07) is 14.8. The van der Waals surface area contributed by atoms with Crippen LogP contribution in [0.2, 0.25) is 0 Å². The van der Waals surface area contributed by atoms with Crippen molar-refractivity contribution in [1.82, 2.24) is 15.3 Å². The van der Waals surface area contributed by atoms with Crippen molar-refractivity contribution < 1.29 is 19.5 Å². The molecule has 1 atom stereocenters. The number of carboxylic acids is 1. The standard InChI is InChI=1S/C24H25N5O4/c30-21(27-14-16-5-8-18(9-6-16)28-24-25-11-12-26-24)15-29-20-4-2-1-3-19(20)17(13-23(32)33)7-10-22(29)31/h1-6,8-9,11-12,17H,7,10,13-15H2,(H,27,30)(H,32,33)(H2,25,26,28). The first-order chi connectivity index (χ1) is 16.0. The number of amides is 2. The van der Waals surface area contributed by atoms with Crippen molar-refractivity contribution in [3.05, 3.63) is 72.1 Å². The predicted octanol–water partition coefficient (Wildman–Crippen LogP) is 3.15. The zero-order valence-corrected chi connectivity index (χ0v) is 18.0. The number of carbonyl (C=O) groups excluding carboxylic acids is 2. The number of rotatable bonds is 8. The molecule has 3 aromatic rings. The Morgan fingerprint density at radius 2 is 1.94 bits per heavy atom. The van der Waals surface area contributed by atoms with Gasteiger partial charge in [-0.2, -0.15) is 0 Å². The molecule has 9 heteroatoms. The van der Waals surface area contributed by atoms with Crippen LogP contribution in [0.25, 0.3) is 0 Å². The molecule has 0 bridgehead atoms. The normalized spacial score (nSPS) is 15.5. The number of hydrogen-bond acceptors (Lipinski definition) is 5. The summed E-state index contributed by atoms with van der Waals surface area (Å²) >= 11 is 0. The average molecular weight is 447 g/mol. The number of benzene rings is 2. The van der Waals surface area contributed by atoms with E-state index in [9.17, 15) is 19.5 Å². The fourth-order valence-corrected chi connectivity index (χ4v) is 3.97. The van der Waals surface area contributed by atoms with E-state index in [-0.39, 0.29) is 37.1 Å². The zero-order valence-electron chi connectivity index (χ0n) is 18.0. The Kier molecular flexibility index (Phi) is 6.68. The smallest absolute Gasteiger partial charge is 0.303 e. The van der Waals surface area contributed by atoms with Crippen LogP contribution in [0.1, 0.15) is 36.3 Å². The lowest BCUT2D eigenvalue weighted by Gasteiger charge is -2.23. The van der Waals surface area contributed by atoms with Crippen molar-refractivity contribution in [2.45, 2.75) is 31.7 Å². The van der Waals surface area contributed by atoms with Crippen LogP contribution in [-0.2, 0) is 20.9 Å². The van der Waals surface area contributed by atoms with Crippen LogP contribution < -0.4 is 15.5 Å². The second-order valence-electron chi connectivity index (χ2n) is 7.91. The molecule has 0 saturated carbocycles. The third-order valence-corrected chi connectivity index (χ3v) is 5.60. The molecule has 33 heavy (non-hydrogen) atoms. The number of aromatic amines is 1. The van der Waals surface area contributed by atoms with Gasteiger partial charge in [0.15, 0.2) is 0 Å². The third kappa shape index (κ3) is 5.57. The van der Waals surface area contributed by atoms with E-state index in [4.69, 9.17) is 0 Å². The highest BCUT2D eigenvalue weighted by atomic mass is 16.4. The molecule has 2 amide bonds. The van der Waals surface area contributed by atoms with Crippen LogP contribution in [0.15, 0.2) is 60.9 Å². The summed E-state index contributed by atoms with van der Waals surface area (Å²) in [6.07, 6.45) is 3.98. The second-order valence-corrected chi connectivity index (χ2v) is 7.91. The number of carbonyl (C=O) groups is 3. The van der Waals surface area contributed by atoms with E-state index in [2.05, 4.69) is 20.6 Å². The largest absolute Gasteiger partial charge is 0.481 e. The van der Waals surface area contributed by atoms with Gasteiger partial charge in [0, 0.05) is 36.7 Å². The number of aliphatic carboxylic acids is 1. The topological polar surface area (TPSA) is 127 Å². The summed E-state index contributed by atoms with van der Waals surface area (Å²) in [6.45, 7) is 0.207. The fourth-order valence-electron chi connectivity index (χ4n) is 3.97. The number of fused-ring (bicyclic) bond motifs is 1. The van der Waals surface area contributed by atoms with E-state index in [1.807, 2.05) is 36.4 Å². The minimum Gasteiger partial charge on any atom is -0.481 e. The SMILES string of the molecule is O=C(O)CC1CCC(=O)N(CC(=O)NCc2ccc(Nc3ncc[nH]3)cc2)c2ccccc21. The number of nitrogens with one attached hydrogen (secondary N) is 3. The predicted molar refractivity (Wildman–Crippen MR) is 123 cm³/mol. The molecule has 9 nitrogen and oxygen atoms in total. The van der Waals surface area contributed by atoms with Gasteiger partial charge in [0.2, 0.25) is 17.8 Å². The number of hydrogen-bond donors (Lipinski definition) is 4. The van der Waals surface area contributed by atoms with Gasteiger partial charge in [-0.25, -0.2) is 4.98 Å². The molecule has 1 aromatic heterocycles. The molecular formula is C24H25N5O4. The van der Waals surface area contributed by atoms with E-state index in [1.165, 1.54) is 4.90 Å². The second kappa shape index (κ2) is 9.99. The van der Waals surface area contributed by atoms with Crippen LogP contribution >= 0.6 is 0 Å². The maximum absolute atomic E-state index is 12.8. The molecule has 1 unspecified atom stereocenters. The van der Waals surface area contributed by atoms with Gasteiger partial charge < -0.3 is 25.6 Å². The molecule has 0 fully saturated rings. The Morgan fingerprint density at radius 1 is 1.15 bits per heavy atom. The lowest BCUT2D eigenvalue weighted by atomic mass is 9.91. The molecule has 0 aliphatic carbocycles. The van der Waals surface area contributed by atoms with Crippen molar-refractivity contribution in [2.24, 2.45) is 0 Å². The Morgan fingerprint density at radius 3 is 2.67 bits per heavy atom. The summed E-state index contributed by atoms with van der Waals surface area (Å²) < 4.78 is 0. The quantitative estimate of drug-likeness (QED) is 0.420. The van der Waals surface area contributed by atoms with Gasteiger partial charge in [0.1, 0.15) is 6.54 Å². The lowest BCUT2D eigenvalue weighted by molar-refractivity contribution is -0.137. The van der Waals surface area contributed by atoms with E-state index in [1.54, 1.807) is 24.5 Å². The third-order valence-electron chi connectivity index (χ3n) is 5.60. The number of nitrogens with zero attached hydrogens (tertiary/aromatic N) is 2. The maximum atomic E-state index is 12.8. The first-order valence-corrected chi connectivity index (χ1v) is 10.7. The minimum absolute atomic E-state index is 0.0465. The molecular weight excluding hydrogens is 422 g/mol. The van der Waals surface area contributed by atoms with Gasteiger partial charge >= 0.3 is 5.97 Å².